The number of rotatable bonds is 2. The minimum Gasteiger partial charge on any atom is -0.471 e. The molecule has 0 saturated carbocycles. The number of piperazine rings is 1. The molecule has 0 bridgehead atoms. The Morgan fingerprint density at radius 3 is 2.76 bits per heavy atom. The minimum atomic E-state index is 0.0121. The van der Waals surface area contributed by atoms with Crippen molar-refractivity contribution < 1.29 is 9.53 Å². The SMILES string of the molecule is CN1CCN(C(=O)N2CC[C@H](Oc3cccnn3)C2)CC1. The summed E-state index contributed by atoms with van der Waals surface area (Å²) in [6.07, 6.45) is 2.47. The van der Waals surface area contributed by atoms with E-state index in [0.717, 1.165) is 39.1 Å². The lowest BCUT2D eigenvalue weighted by atomic mass is 10.3. The van der Waals surface area contributed by atoms with Crippen molar-refractivity contribution in [1.82, 2.24) is 24.9 Å². The Labute approximate surface area is 124 Å². The van der Waals surface area contributed by atoms with Crippen molar-refractivity contribution in [2.75, 3.05) is 46.3 Å². The summed E-state index contributed by atoms with van der Waals surface area (Å²) in [6, 6.07) is 3.72. The first-order valence-electron chi connectivity index (χ1n) is 7.39. The van der Waals surface area contributed by atoms with Gasteiger partial charge in [0.2, 0.25) is 5.88 Å². The fourth-order valence-electron chi connectivity index (χ4n) is 2.72. The van der Waals surface area contributed by atoms with Crippen molar-refractivity contribution in [3.63, 3.8) is 0 Å². The maximum Gasteiger partial charge on any atom is 0.320 e. The summed E-state index contributed by atoms with van der Waals surface area (Å²) in [7, 11) is 2.09. The molecule has 0 unspecified atom stereocenters. The molecule has 2 aliphatic heterocycles. The molecule has 1 aromatic heterocycles. The van der Waals surface area contributed by atoms with Crippen molar-refractivity contribution in [2.45, 2.75) is 12.5 Å². The maximum atomic E-state index is 12.5. The standard InChI is InChI=1S/C14H21N5O2/c1-17-7-9-18(10-8-17)14(20)19-6-4-12(11-19)21-13-3-2-5-15-16-13/h2-3,5,12H,4,6-11H2,1H3/t12-/m0/s1. The summed E-state index contributed by atoms with van der Waals surface area (Å²) in [4.78, 5) is 18.5. The molecule has 3 rings (SSSR count). The van der Waals surface area contributed by atoms with Gasteiger partial charge in [-0.1, -0.05) is 0 Å². The average Bonchev–Trinajstić information content (AvgIpc) is 2.97. The molecule has 1 aromatic rings. The van der Waals surface area contributed by atoms with Crippen molar-refractivity contribution in [3.05, 3.63) is 18.3 Å². The van der Waals surface area contributed by atoms with Gasteiger partial charge in [-0.25, -0.2) is 4.79 Å². The molecule has 0 radical (unpaired) electrons. The topological polar surface area (TPSA) is 61.8 Å². The van der Waals surface area contributed by atoms with Crippen molar-refractivity contribution in [1.29, 1.82) is 0 Å². The molecular formula is C14H21N5O2. The molecule has 2 aliphatic rings. The van der Waals surface area contributed by atoms with E-state index in [9.17, 15) is 4.79 Å². The van der Waals surface area contributed by atoms with Gasteiger partial charge in [0.15, 0.2) is 0 Å². The van der Waals surface area contributed by atoms with Crippen LogP contribution in [0.25, 0.3) is 0 Å². The van der Waals surface area contributed by atoms with E-state index >= 15 is 0 Å². The number of likely N-dealkylation sites (tertiary alicyclic amines) is 1. The van der Waals surface area contributed by atoms with Gasteiger partial charge in [-0.2, -0.15) is 5.10 Å². The lowest BCUT2D eigenvalue weighted by molar-refractivity contribution is 0.123. The molecule has 21 heavy (non-hydrogen) atoms. The summed E-state index contributed by atoms with van der Waals surface area (Å²) in [6.45, 7) is 4.87. The van der Waals surface area contributed by atoms with E-state index in [1.807, 2.05) is 9.80 Å². The highest BCUT2D eigenvalue weighted by molar-refractivity contribution is 5.75. The fraction of sp³-hybridized carbons (Fsp3) is 0.643. The predicted molar refractivity (Wildman–Crippen MR) is 77.1 cm³/mol. The van der Waals surface area contributed by atoms with Crippen LogP contribution in [0, 0.1) is 0 Å². The number of aromatic nitrogens is 2. The van der Waals surface area contributed by atoms with E-state index in [2.05, 4.69) is 22.1 Å². The molecule has 3 heterocycles. The quantitative estimate of drug-likeness (QED) is 0.784. The van der Waals surface area contributed by atoms with Crippen LogP contribution in [0.1, 0.15) is 6.42 Å². The number of carbonyl (C=O) groups excluding carboxylic acids is 1. The normalized spacial score (nSPS) is 23.4. The minimum absolute atomic E-state index is 0.0121. The lowest BCUT2D eigenvalue weighted by Gasteiger charge is -2.34. The maximum absolute atomic E-state index is 12.5. The Kier molecular flexibility index (Phi) is 4.19. The van der Waals surface area contributed by atoms with Gasteiger partial charge in [0.1, 0.15) is 6.10 Å². The van der Waals surface area contributed by atoms with Gasteiger partial charge in [-0.05, 0) is 13.1 Å². The highest BCUT2D eigenvalue weighted by atomic mass is 16.5. The number of likely N-dealkylation sites (N-methyl/N-ethyl adjacent to an activating group) is 1. The van der Waals surface area contributed by atoms with Gasteiger partial charge in [0, 0.05) is 51.4 Å². The smallest absolute Gasteiger partial charge is 0.320 e. The van der Waals surface area contributed by atoms with E-state index < -0.39 is 0 Å². The number of amides is 2. The zero-order valence-corrected chi connectivity index (χ0v) is 12.3. The molecule has 7 nitrogen and oxygen atoms in total. The van der Waals surface area contributed by atoms with Crippen LogP contribution in [0.3, 0.4) is 0 Å². The number of hydrogen-bond donors (Lipinski definition) is 0. The number of urea groups is 1. The molecule has 0 aromatic carbocycles. The number of carbonyl (C=O) groups is 1. The highest BCUT2D eigenvalue weighted by Gasteiger charge is 2.31. The summed E-state index contributed by atoms with van der Waals surface area (Å²) < 4.78 is 5.77. The van der Waals surface area contributed by atoms with Crippen LogP contribution in [0.4, 0.5) is 4.79 Å². The van der Waals surface area contributed by atoms with Crippen LogP contribution < -0.4 is 4.74 Å². The zero-order valence-electron chi connectivity index (χ0n) is 12.3. The first kappa shape index (κ1) is 14.1. The number of hydrogen-bond acceptors (Lipinski definition) is 5. The number of ether oxygens (including phenoxy) is 1. The molecule has 2 saturated heterocycles. The average molecular weight is 291 g/mol. The van der Waals surface area contributed by atoms with Gasteiger partial charge in [-0.15, -0.1) is 5.10 Å². The van der Waals surface area contributed by atoms with Crippen molar-refractivity contribution in [2.24, 2.45) is 0 Å². The van der Waals surface area contributed by atoms with Gasteiger partial charge in [-0.3, -0.25) is 0 Å². The van der Waals surface area contributed by atoms with E-state index in [-0.39, 0.29) is 12.1 Å². The first-order chi connectivity index (χ1) is 10.2. The zero-order chi connectivity index (χ0) is 14.7. The van der Waals surface area contributed by atoms with Crippen LogP contribution >= 0.6 is 0 Å². The van der Waals surface area contributed by atoms with Crippen LogP contribution in [-0.2, 0) is 0 Å². The summed E-state index contributed by atoms with van der Waals surface area (Å²) in [5.74, 6) is 0.524. The summed E-state index contributed by atoms with van der Waals surface area (Å²) in [5.41, 5.74) is 0. The third kappa shape index (κ3) is 3.41. The van der Waals surface area contributed by atoms with Gasteiger partial charge in [0.25, 0.3) is 0 Å². The lowest BCUT2D eigenvalue weighted by Crippen LogP contribution is -2.51. The van der Waals surface area contributed by atoms with Crippen molar-refractivity contribution >= 4 is 6.03 Å². The Hall–Kier alpha value is -1.89. The van der Waals surface area contributed by atoms with Gasteiger partial charge >= 0.3 is 6.03 Å². The van der Waals surface area contributed by atoms with E-state index in [4.69, 9.17) is 4.74 Å². The molecule has 0 N–H and O–H groups in total. The highest BCUT2D eigenvalue weighted by Crippen LogP contribution is 2.17. The Balaban J connectivity index is 1.51. The third-order valence-electron chi connectivity index (χ3n) is 4.02. The second kappa shape index (κ2) is 6.26. The molecule has 7 heteroatoms. The third-order valence-corrected chi connectivity index (χ3v) is 4.02. The Morgan fingerprint density at radius 2 is 2.05 bits per heavy atom. The van der Waals surface area contributed by atoms with Gasteiger partial charge < -0.3 is 19.4 Å². The molecule has 114 valence electrons. The van der Waals surface area contributed by atoms with E-state index in [1.165, 1.54) is 0 Å². The molecule has 1 atom stereocenters. The van der Waals surface area contributed by atoms with E-state index in [1.54, 1.807) is 18.3 Å². The fourth-order valence-corrected chi connectivity index (χ4v) is 2.72. The largest absolute Gasteiger partial charge is 0.471 e. The second-order valence-electron chi connectivity index (χ2n) is 5.61. The van der Waals surface area contributed by atoms with Crippen LogP contribution in [0.5, 0.6) is 5.88 Å². The summed E-state index contributed by atoms with van der Waals surface area (Å²) in [5, 5.41) is 7.71. The van der Waals surface area contributed by atoms with E-state index in [0.29, 0.717) is 12.4 Å². The Bertz CT molecular complexity index is 476. The van der Waals surface area contributed by atoms with Crippen LogP contribution in [-0.4, -0.2) is 83.3 Å². The second-order valence-corrected chi connectivity index (χ2v) is 5.61. The molecule has 0 spiro atoms. The summed E-state index contributed by atoms with van der Waals surface area (Å²) >= 11 is 0. The van der Waals surface area contributed by atoms with Crippen LogP contribution in [0.15, 0.2) is 18.3 Å². The predicted octanol–water partition coefficient (Wildman–Crippen LogP) is 0.297. The monoisotopic (exact) mass is 291 g/mol. The van der Waals surface area contributed by atoms with Crippen molar-refractivity contribution in [3.8, 4) is 5.88 Å². The molecular weight excluding hydrogens is 270 g/mol. The molecule has 2 fully saturated rings. The molecule has 2 amide bonds. The molecule has 0 aliphatic carbocycles. The van der Waals surface area contributed by atoms with Crippen LogP contribution in [0.2, 0.25) is 0 Å². The number of nitrogens with zero attached hydrogens (tertiary/aromatic N) is 5. The first-order valence-corrected chi connectivity index (χ1v) is 7.39. The Morgan fingerprint density at radius 1 is 1.24 bits per heavy atom. The van der Waals surface area contributed by atoms with Gasteiger partial charge in [0.05, 0.1) is 6.54 Å².